The van der Waals surface area contributed by atoms with Crippen LogP contribution in [0.5, 0.6) is 11.5 Å². The molecule has 5 rings (SSSR count). The van der Waals surface area contributed by atoms with Crippen LogP contribution < -0.4 is 31.8 Å². The Kier molecular flexibility index (Phi) is 7.80. The molecule has 192 valence electrons. The van der Waals surface area contributed by atoms with E-state index in [1.165, 1.54) is 22.6 Å². The normalized spacial score (nSPS) is 21.6. The first-order valence-corrected chi connectivity index (χ1v) is 11.9. The average Bonchev–Trinajstić information content (AvgIpc) is 3.28. The number of piperidine rings is 1. The second-order valence-electron chi connectivity index (χ2n) is 9.21. The molecule has 3 unspecified atom stereocenters. The maximum Gasteiger partial charge on any atom is 0.269 e. The third-order valence-corrected chi connectivity index (χ3v) is 6.84. The van der Waals surface area contributed by atoms with Gasteiger partial charge in [-0.2, -0.15) is 5.10 Å². The summed E-state index contributed by atoms with van der Waals surface area (Å²) in [5, 5.41) is 18.4. The first-order valence-electron chi connectivity index (χ1n) is 11.9. The molecule has 2 aliphatic heterocycles. The fraction of sp³-hybridized carbons (Fsp3) is 0.250. The number of rotatable bonds is 6. The molecule has 9 heteroatoms. The summed E-state index contributed by atoms with van der Waals surface area (Å²) in [6.07, 6.45) is 2.21. The number of nitrogens with zero attached hydrogens (tertiary/aromatic N) is 3. The zero-order chi connectivity index (χ0) is 25.2. The number of hydrazone groups is 1. The van der Waals surface area contributed by atoms with Gasteiger partial charge in [0.1, 0.15) is 18.0 Å². The summed E-state index contributed by atoms with van der Waals surface area (Å²) in [5.74, 6) is 1.78. The van der Waals surface area contributed by atoms with Crippen LogP contribution in [0, 0.1) is 16.0 Å². The molecule has 0 bridgehead atoms. The molecule has 0 aromatic heterocycles. The first kappa shape index (κ1) is 26.2. The van der Waals surface area contributed by atoms with Crippen LogP contribution in [0.1, 0.15) is 17.2 Å². The quantitative estimate of drug-likeness (QED) is 0.383. The number of benzene rings is 3. The number of nitrogens with one attached hydrogen (secondary N) is 1. The van der Waals surface area contributed by atoms with Crippen LogP contribution in [0.15, 0.2) is 83.5 Å². The number of methoxy groups -OCH3 is 2. The Bertz CT molecular complexity index is 1310. The molecule has 0 spiro atoms. The lowest BCUT2D eigenvalue weighted by Crippen LogP contribution is -3.11. The molecule has 1 saturated heterocycles. The minimum absolute atomic E-state index is 0. The van der Waals surface area contributed by atoms with Gasteiger partial charge in [-0.15, -0.1) is 0 Å². The molecule has 8 nitrogen and oxygen atoms in total. The standard InChI is InChI=1S/C28H28N4O4.ClH/c1-30-17-21(16-19-4-12-24(35-2)13-5-19)27-26(18-30)28(20-6-14-25(36-3)15-7-20)31(29-27)22-8-10-23(11-9-22)32(33)34;/h4-16,26,28H,17-18H2,1-3H3;1H/b21-16-;. The Balaban J connectivity index is 0.00000320. The van der Waals surface area contributed by atoms with Crippen molar-refractivity contribution >= 4 is 23.2 Å². The van der Waals surface area contributed by atoms with Crippen molar-refractivity contribution < 1.29 is 31.7 Å². The second-order valence-corrected chi connectivity index (χ2v) is 9.21. The number of halogens is 1. The largest absolute Gasteiger partial charge is 1.00 e. The maximum absolute atomic E-state index is 11.2. The van der Waals surface area contributed by atoms with Gasteiger partial charge in [-0.05, 0) is 53.6 Å². The highest BCUT2D eigenvalue weighted by atomic mass is 35.5. The zero-order valence-electron chi connectivity index (χ0n) is 20.9. The number of ether oxygens (including phenoxy) is 2. The third kappa shape index (κ3) is 5.30. The Morgan fingerprint density at radius 3 is 2.14 bits per heavy atom. The van der Waals surface area contributed by atoms with Crippen molar-refractivity contribution in [2.24, 2.45) is 11.0 Å². The van der Waals surface area contributed by atoms with Crippen LogP contribution >= 0.6 is 0 Å². The van der Waals surface area contributed by atoms with Crippen LogP contribution in [0.25, 0.3) is 6.08 Å². The zero-order valence-corrected chi connectivity index (χ0v) is 21.7. The van der Waals surface area contributed by atoms with E-state index >= 15 is 0 Å². The summed E-state index contributed by atoms with van der Waals surface area (Å²) in [6.45, 7) is 1.80. The lowest BCUT2D eigenvalue weighted by molar-refractivity contribution is -0.878. The van der Waals surface area contributed by atoms with Crippen LogP contribution in [0.4, 0.5) is 11.4 Å². The van der Waals surface area contributed by atoms with Gasteiger partial charge in [0.25, 0.3) is 5.69 Å². The van der Waals surface area contributed by atoms with E-state index in [1.807, 2.05) is 29.3 Å². The van der Waals surface area contributed by atoms with Crippen LogP contribution in [-0.2, 0) is 0 Å². The summed E-state index contributed by atoms with van der Waals surface area (Å²) in [7, 11) is 5.53. The number of fused-ring (bicyclic) bond motifs is 1. The highest BCUT2D eigenvalue weighted by molar-refractivity contribution is 6.08. The average molecular weight is 521 g/mol. The molecule has 3 aromatic carbocycles. The Hall–Kier alpha value is -3.88. The van der Waals surface area contributed by atoms with Gasteiger partial charge in [-0.25, -0.2) is 0 Å². The highest BCUT2D eigenvalue weighted by Gasteiger charge is 2.45. The summed E-state index contributed by atoms with van der Waals surface area (Å²) in [4.78, 5) is 12.2. The molecular formula is C28H29ClN4O4. The highest BCUT2D eigenvalue weighted by Crippen LogP contribution is 2.42. The monoisotopic (exact) mass is 520 g/mol. The smallest absolute Gasteiger partial charge is 0.269 e. The van der Waals surface area contributed by atoms with E-state index in [9.17, 15) is 10.1 Å². The fourth-order valence-corrected chi connectivity index (χ4v) is 5.09. The summed E-state index contributed by atoms with van der Waals surface area (Å²) in [5.41, 5.74) is 5.36. The molecule has 1 N–H and O–H groups in total. The van der Waals surface area contributed by atoms with Gasteiger partial charge in [0, 0.05) is 17.7 Å². The van der Waals surface area contributed by atoms with E-state index in [0.717, 1.165) is 47.1 Å². The molecule has 3 atom stereocenters. The van der Waals surface area contributed by atoms with Gasteiger partial charge in [0.05, 0.1) is 56.1 Å². The molecular weight excluding hydrogens is 492 g/mol. The molecule has 0 aliphatic carbocycles. The molecule has 0 radical (unpaired) electrons. The van der Waals surface area contributed by atoms with Crippen molar-refractivity contribution in [1.29, 1.82) is 0 Å². The Labute approximate surface area is 222 Å². The number of hydrogen-bond donors (Lipinski definition) is 1. The van der Waals surface area contributed by atoms with Crippen molar-refractivity contribution in [2.75, 3.05) is 39.4 Å². The summed E-state index contributed by atoms with van der Waals surface area (Å²) >= 11 is 0. The number of nitro benzene ring substituents is 1. The molecule has 0 amide bonds. The predicted octanol–water partition coefficient (Wildman–Crippen LogP) is 0.761. The van der Waals surface area contributed by atoms with Gasteiger partial charge >= 0.3 is 0 Å². The van der Waals surface area contributed by atoms with E-state index in [-0.39, 0.29) is 35.0 Å². The summed E-state index contributed by atoms with van der Waals surface area (Å²) < 4.78 is 10.7. The number of nitro groups is 1. The molecule has 3 aromatic rings. The maximum atomic E-state index is 11.2. The molecule has 1 fully saturated rings. The number of anilines is 1. The lowest BCUT2D eigenvalue weighted by atomic mass is 9.83. The summed E-state index contributed by atoms with van der Waals surface area (Å²) in [6, 6.07) is 22.7. The minimum Gasteiger partial charge on any atom is -1.00 e. The fourth-order valence-electron chi connectivity index (χ4n) is 5.09. The van der Waals surface area contributed by atoms with E-state index < -0.39 is 0 Å². The Morgan fingerprint density at radius 2 is 1.57 bits per heavy atom. The van der Waals surface area contributed by atoms with Gasteiger partial charge in [0.15, 0.2) is 0 Å². The third-order valence-electron chi connectivity index (χ3n) is 6.84. The molecule has 2 heterocycles. The van der Waals surface area contributed by atoms with Crippen LogP contribution in [-0.4, -0.2) is 45.0 Å². The number of likely N-dealkylation sites (tertiary alicyclic amines) is 1. The van der Waals surface area contributed by atoms with Crippen LogP contribution in [0.2, 0.25) is 0 Å². The van der Waals surface area contributed by atoms with Gasteiger partial charge in [-0.3, -0.25) is 15.1 Å². The number of likely N-dealkylation sites (N-methyl/N-ethyl adjacent to an activating group) is 1. The van der Waals surface area contributed by atoms with Gasteiger partial charge in [-0.1, -0.05) is 24.3 Å². The first-order chi connectivity index (χ1) is 17.5. The number of non-ortho nitro benzene ring substituents is 1. The van der Waals surface area contributed by atoms with Crippen LogP contribution in [0.3, 0.4) is 0 Å². The van der Waals surface area contributed by atoms with Gasteiger partial charge in [0.2, 0.25) is 0 Å². The number of quaternary nitrogens is 1. The van der Waals surface area contributed by atoms with E-state index in [2.05, 4.69) is 37.4 Å². The minimum atomic E-state index is -0.381. The molecule has 37 heavy (non-hydrogen) atoms. The molecule has 2 aliphatic rings. The van der Waals surface area contributed by atoms with Gasteiger partial charge < -0.3 is 26.8 Å². The van der Waals surface area contributed by atoms with Crippen molar-refractivity contribution in [2.45, 2.75) is 6.04 Å². The predicted molar refractivity (Wildman–Crippen MR) is 140 cm³/mol. The molecule has 0 saturated carbocycles. The van der Waals surface area contributed by atoms with Crippen molar-refractivity contribution in [3.8, 4) is 11.5 Å². The van der Waals surface area contributed by atoms with E-state index in [4.69, 9.17) is 14.6 Å². The second kappa shape index (κ2) is 11.0. The van der Waals surface area contributed by atoms with Crippen molar-refractivity contribution in [3.05, 3.63) is 99.6 Å². The van der Waals surface area contributed by atoms with Crippen molar-refractivity contribution in [3.63, 3.8) is 0 Å². The lowest BCUT2D eigenvalue weighted by Gasteiger charge is -2.32. The SMILES string of the molecule is COc1ccc(/C=C2/C[NH+](C)CC3C2=NN(c2ccc([N+](=O)[O-])cc2)C3c2ccc(OC)cc2)cc1.[Cl-]. The Morgan fingerprint density at radius 1 is 0.973 bits per heavy atom. The van der Waals surface area contributed by atoms with E-state index in [0.29, 0.717) is 0 Å². The van der Waals surface area contributed by atoms with Crippen molar-refractivity contribution in [1.82, 2.24) is 0 Å². The number of hydrogen-bond acceptors (Lipinski definition) is 6. The van der Waals surface area contributed by atoms with E-state index in [1.54, 1.807) is 26.4 Å². The topological polar surface area (TPSA) is 81.6 Å².